The molecule has 0 heterocycles. The van der Waals surface area contributed by atoms with E-state index >= 15 is 0 Å². The Morgan fingerprint density at radius 1 is 0.850 bits per heavy atom. The number of aryl methyl sites for hydroxylation is 1. The lowest BCUT2D eigenvalue weighted by molar-refractivity contribution is 0.685. The fourth-order valence-corrected chi connectivity index (χ4v) is 4.42. The number of benzene rings is 2. The third-order valence-electron chi connectivity index (χ3n) is 3.15. The van der Waals surface area contributed by atoms with E-state index in [0.717, 1.165) is 17.9 Å². The maximum Gasteiger partial charge on any atom is 0.0597 e. The van der Waals surface area contributed by atoms with Gasteiger partial charge in [0.15, 0.2) is 0 Å². The lowest BCUT2D eigenvalue weighted by Crippen LogP contribution is -2.18. The first-order chi connectivity index (χ1) is 9.43. The van der Waals surface area contributed by atoms with Crippen molar-refractivity contribution in [2.75, 3.05) is 7.05 Å². The minimum absolute atomic E-state index is 0.115. The molecule has 2 rings (SSSR count). The standard InChI is InChI=1S/C15H13Br4N/c1-8-5-13(18)11(7-12(8)17)15(20-2)10-4-3-9(16)6-14(10)19/h3-7,15,20H,1-2H3. The molecule has 106 valence electrons. The molecule has 0 aliphatic heterocycles. The summed E-state index contributed by atoms with van der Waals surface area (Å²) in [5.41, 5.74) is 3.62. The topological polar surface area (TPSA) is 12.0 Å². The third kappa shape index (κ3) is 3.55. The molecular weight excluding hydrogens is 514 g/mol. The van der Waals surface area contributed by atoms with Gasteiger partial charge < -0.3 is 5.32 Å². The Bertz CT molecular complexity index is 640. The Morgan fingerprint density at radius 2 is 1.50 bits per heavy atom. The monoisotopic (exact) mass is 523 g/mol. The molecule has 1 unspecified atom stereocenters. The molecule has 2 aromatic carbocycles. The van der Waals surface area contributed by atoms with Crippen LogP contribution in [-0.4, -0.2) is 7.05 Å². The van der Waals surface area contributed by atoms with Gasteiger partial charge in [0, 0.05) is 17.9 Å². The van der Waals surface area contributed by atoms with Gasteiger partial charge in [-0.15, -0.1) is 0 Å². The van der Waals surface area contributed by atoms with Crippen LogP contribution in [0.2, 0.25) is 0 Å². The van der Waals surface area contributed by atoms with E-state index < -0.39 is 0 Å². The maximum atomic E-state index is 3.67. The van der Waals surface area contributed by atoms with Crippen LogP contribution in [0.3, 0.4) is 0 Å². The van der Waals surface area contributed by atoms with Crippen LogP contribution in [0.25, 0.3) is 0 Å². The molecule has 0 saturated heterocycles. The average Bonchev–Trinajstić information content (AvgIpc) is 2.38. The van der Waals surface area contributed by atoms with E-state index in [2.05, 4.69) is 106 Å². The molecule has 20 heavy (non-hydrogen) atoms. The summed E-state index contributed by atoms with van der Waals surface area (Å²) in [5.74, 6) is 0. The Kier molecular flexibility index (Phi) is 5.88. The van der Waals surface area contributed by atoms with Gasteiger partial charge in [-0.05, 0) is 54.9 Å². The van der Waals surface area contributed by atoms with Crippen LogP contribution in [0.15, 0.2) is 48.2 Å². The molecule has 2 aromatic rings. The molecule has 0 bridgehead atoms. The molecule has 1 nitrogen and oxygen atoms in total. The molecule has 0 spiro atoms. The summed E-state index contributed by atoms with van der Waals surface area (Å²) in [6.07, 6.45) is 0. The molecule has 0 aliphatic carbocycles. The quantitative estimate of drug-likeness (QED) is 0.491. The van der Waals surface area contributed by atoms with Gasteiger partial charge in [-0.1, -0.05) is 69.8 Å². The molecule has 1 N–H and O–H groups in total. The highest BCUT2D eigenvalue weighted by molar-refractivity contribution is 9.11. The Morgan fingerprint density at radius 3 is 2.10 bits per heavy atom. The van der Waals surface area contributed by atoms with Crippen LogP contribution in [0.1, 0.15) is 22.7 Å². The van der Waals surface area contributed by atoms with Gasteiger partial charge in [-0.3, -0.25) is 0 Å². The van der Waals surface area contributed by atoms with Crippen LogP contribution in [0.4, 0.5) is 0 Å². The van der Waals surface area contributed by atoms with Crippen molar-refractivity contribution < 1.29 is 0 Å². The van der Waals surface area contributed by atoms with Crippen molar-refractivity contribution in [2.24, 2.45) is 0 Å². The summed E-state index contributed by atoms with van der Waals surface area (Å²) in [6.45, 7) is 2.09. The highest BCUT2D eigenvalue weighted by atomic mass is 79.9. The second kappa shape index (κ2) is 7.05. The predicted octanol–water partition coefficient (Wildman–Crippen LogP) is 6.35. The van der Waals surface area contributed by atoms with Crippen LogP contribution in [-0.2, 0) is 0 Å². The third-order valence-corrected chi connectivity index (χ3v) is 5.87. The van der Waals surface area contributed by atoms with E-state index in [0.29, 0.717) is 0 Å². The van der Waals surface area contributed by atoms with Gasteiger partial charge in [0.05, 0.1) is 6.04 Å². The summed E-state index contributed by atoms with van der Waals surface area (Å²) in [5, 5.41) is 3.39. The van der Waals surface area contributed by atoms with Crippen LogP contribution in [0.5, 0.6) is 0 Å². The molecule has 0 fully saturated rings. The summed E-state index contributed by atoms with van der Waals surface area (Å²) in [7, 11) is 1.97. The van der Waals surface area contributed by atoms with Crippen molar-refractivity contribution >= 4 is 63.7 Å². The average molecular weight is 527 g/mol. The fourth-order valence-electron chi connectivity index (χ4n) is 2.10. The minimum atomic E-state index is 0.115. The van der Waals surface area contributed by atoms with Gasteiger partial charge in [0.25, 0.3) is 0 Å². The molecule has 0 radical (unpaired) electrons. The number of rotatable bonds is 3. The molecule has 0 aliphatic rings. The number of hydrogen-bond acceptors (Lipinski definition) is 1. The molecule has 0 saturated carbocycles. The molecular formula is C15H13Br4N. The van der Waals surface area contributed by atoms with Gasteiger partial charge in [0.2, 0.25) is 0 Å². The van der Waals surface area contributed by atoms with Gasteiger partial charge in [0.1, 0.15) is 0 Å². The Balaban J connectivity index is 2.55. The van der Waals surface area contributed by atoms with E-state index in [1.165, 1.54) is 16.7 Å². The first kappa shape index (κ1) is 16.7. The smallest absolute Gasteiger partial charge is 0.0597 e. The lowest BCUT2D eigenvalue weighted by Gasteiger charge is -2.21. The first-order valence-corrected chi connectivity index (χ1v) is 9.19. The summed E-state index contributed by atoms with van der Waals surface area (Å²) >= 11 is 14.4. The molecule has 0 amide bonds. The number of halogens is 4. The molecule has 0 aromatic heterocycles. The predicted molar refractivity (Wildman–Crippen MR) is 99.3 cm³/mol. The van der Waals surface area contributed by atoms with Gasteiger partial charge in [-0.2, -0.15) is 0 Å². The van der Waals surface area contributed by atoms with Crippen molar-refractivity contribution in [3.05, 3.63) is 64.9 Å². The zero-order chi connectivity index (χ0) is 14.9. The highest BCUT2D eigenvalue weighted by Crippen LogP contribution is 2.36. The van der Waals surface area contributed by atoms with Gasteiger partial charge in [-0.25, -0.2) is 0 Å². The lowest BCUT2D eigenvalue weighted by atomic mass is 9.98. The van der Waals surface area contributed by atoms with E-state index in [9.17, 15) is 0 Å². The van der Waals surface area contributed by atoms with Crippen molar-refractivity contribution in [3.8, 4) is 0 Å². The largest absolute Gasteiger partial charge is 0.309 e. The van der Waals surface area contributed by atoms with E-state index in [4.69, 9.17) is 0 Å². The maximum absolute atomic E-state index is 3.67. The zero-order valence-electron chi connectivity index (χ0n) is 11.0. The van der Waals surface area contributed by atoms with Crippen LogP contribution >= 0.6 is 63.7 Å². The number of nitrogens with one attached hydrogen (secondary N) is 1. The van der Waals surface area contributed by atoms with E-state index in [1.807, 2.05) is 7.05 Å². The van der Waals surface area contributed by atoms with Crippen LogP contribution in [0, 0.1) is 6.92 Å². The fraction of sp³-hybridized carbons (Fsp3) is 0.200. The van der Waals surface area contributed by atoms with E-state index in [1.54, 1.807) is 0 Å². The zero-order valence-corrected chi connectivity index (χ0v) is 17.3. The first-order valence-electron chi connectivity index (χ1n) is 6.01. The SMILES string of the molecule is CNC(c1ccc(Br)cc1Br)c1cc(Br)c(C)cc1Br. The second-order valence-electron chi connectivity index (χ2n) is 4.51. The van der Waals surface area contributed by atoms with Crippen molar-refractivity contribution in [3.63, 3.8) is 0 Å². The Labute approximate surface area is 153 Å². The molecule has 5 heteroatoms. The Hall–Kier alpha value is 0.320. The van der Waals surface area contributed by atoms with Crippen molar-refractivity contribution in [1.29, 1.82) is 0 Å². The number of hydrogen-bond donors (Lipinski definition) is 1. The second-order valence-corrected chi connectivity index (χ2v) is 7.99. The normalized spacial score (nSPS) is 12.5. The summed E-state index contributed by atoms with van der Waals surface area (Å²) in [6, 6.07) is 10.7. The summed E-state index contributed by atoms with van der Waals surface area (Å²) in [4.78, 5) is 0. The van der Waals surface area contributed by atoms with Crippen LogP contribution < -0.4 is 5.32 Å². The van der Waals surface area contributed by atoms with Crippen molar-refractivity contribution in [2.45, 2.75) is 13.0 Å². The highest BCUT2D eigenvalue weighted by Gasteiger charge is 2.18. The minimum Gasteiger partial charge on any atom is -0.309 e. The summed E-state index contributed by atoms with van der Waals surface area (Å²) < 4.78 is 4.36. The van der Waals surface area contributed by atoms with Crippen molar-refractivity contribution in [1.82, 2.24) is 5.32 Å². The van der Waals surface area contributed by atoms with E-state index in [-0.39, 0.29) is 6.04 Å². The molecule has 1 atom stereocenters. The van der Waals surface area contributed by atoms with Gasteiger partial charge >= 0.3 is 0 Å².